The SMILES string of the molecule is CCC(C)NC(=O)CCN1CCOC1=O. The molecule has 0 saturated carbocycles. The lowest BCUT2D eigenvalue weighted by molar-refractivity contribution is -0.121. The van der Waals surface area contributed by atoms with E-state index >= 15 is 0 Å². The van der Waals surface area contributed by atoms with E-state index in [0.717, 1.165) is 6.42 Å². The van der Waals surface area contributed by atoms with E-state index in [4.69, 9.17) is 4.74 Å². The lowest BCUT2D eigenvalue weighted by Gasteiger charge is -2.14. The molecule has 1 saturated heterocycles. The number of hydrogen-bond donors (Lipinski definition) is 1. The van der Waals surface area contributed by atoms with E-state index in [2.05, 4.69) is 5.32 Å². The standard InChI is InChI=1S/C10H18N2O3/c1-3-8(2)11-9(13)4-5-12-6-7-15-10(12)14/h8H,3-7H2,1-2H3,(H,11,13). The molecule has 2 amide bonds. The lowest BCUT2D eigenvalue weighted by atomic mass is 10.2. The summed E-state index contributed by atoms with van der Waals surface area (Å²) in [5.41, 5.74) is 0. The van der Waals surface area contributed by atoms with E-state index in [1.165, 1.54) is 0 Å². The highest BCUT2D eigenvalue weighted by molar-refractivity contribution is 5.77. The maximum absolute atomic E-state index is 11.4. The summed E-state index contributed by atoms with van der Waals surface area (Å²) in [4.78, 5) is 24.0. The Morgan fingerprint density at radius 3 is 2.93 bits per heavy atom. The van der Waals surface area contributed by atoms with Crippen molar-refractivity contribution < 1.29 is 14.3 Å². The van der Waals surface area contributed by atoms with Crippen LogP contribution >= 0.6 is 0 Å². The van der Waals surface area contributed by atoms with Gasteiger partial charge in [0.1, 0.15) is 6.61 Å². The van der Waals surface area contributed by atoms with E-state index < -0.39 is 0 Å². The van der Waals surface area contributed by atoms with Crippen LogP contribution in [0.1, 0.15) is 26.7 Å². The number of ether oxygens (including phenoxy) is 1. The zero-order valence-electron chi connectivity index (χ0n) is 9.28. The predicted octanol–water partition coefficient (Wildman–Crippen LogP) is 0.743. The highest BCUT2D eigenvalue weighted by Crippen LogP contribution is 2.03. The van der Waals surface area contributed by atoms with Crippen LogP contribution in [0, 0.1) is 0 Å². The van der Waals surface area contributed by atoms with Gasteiger partial charge in [-0.15, -0.1) is 0 Å². The monoisotopic (exact) mass is 214 g/mol. The number of carbonyl (C=O) groups excluding carboxylic acids is 2. The zero-order valence-corrected chi connectivity index (χ0v) is 9.28. The van der Waals surface area contributed by atoms with Crippen molar-refractivity contribution in [2.75, 3.05) is 19.7 Å². The third-order valence-corrected chi connectivity index (χ3v) is 2.47. The first kappa shape index (κ1) is 11.8. The van der Waals surface area contributed by atoms with E-state index in [9.17, 15) is 9.59 Å². The predicted molar refractivity (Wildman–Crippen MR) is 55.4 cm³/mol. The molecule has 0 aromatic heterocycles. The Labute approximate surface area is 89.8 Å². The maximum Gasteiger partial charge on any atom is 0.409 e. The molecule has 1 heterocycles. The molecule has 1 unspecified atom stereocenters. The van der Waals surface area contributed by atoms with Gasteiger partial charge < -0.3 is 15.0 Å². The first-order valence-corrected chi connectivity index (χ1v) is 5.34. The minimum Gasteiger partial charge on any atom is -0.448 e. The number of hydrogen-bond acceptors (Lipinski definition) is 3. The van der Waals surface area contributed by atoms with Gasteiger partial charge in [0.15, 0.2) is 0 Å². The molecule has 1 fully saturated rings. The van der Waals surface area contributed by atoms with Gasteiger partial charge in [-0.25, -0.2) is 4.79 Å². The van der Waals surface area contributed by atoms with Crippen LogP contribution in [0.2, 0.25) is 0 Å². The summed E-state index contributed by atoms with van der Waals surface area (Å²) in [6.07, 6.45) is 0.947. The molecule has 1 N–H and O–H groups in total. The summed E-state index contributed by atoms with van der Waals surface area (Å²) < 4.78 is 4.76. The molecule has 1 rings (SSSR count). The van der Waals surface area contributed by atoms with Crippen molar-refractivity contribution in [3.8, 4) is 0 Å². The van der Waals surface area contributed by atoms with Gasteiger partial charge in [-0.3, -0.25) is 4.79 Å². The normalized spacial score (nSPS) is 17.5. The third kappa shape index (κ3) is 3.77. The average molecular weight is 214 g/mol. The van der Waals surface area contributed by atoms with Crippen molar-refractivity contribution in [1.29, 1.82) is 0 Å². The molecule has 0 aromatic rings. The molecule has 0 bridgehead atoms. The quantitative estimate of drug-likeness (QED) is 0.734. The molecule has 86 valence electrons. The average Bonchev–Trinajstić information content (AvgIpc) is 2.61. The van der Waals surface area contributed by atoms with Crippen LogP contribution in [-0.4, -0.2) is 42.6 Å². The van der Waals surface area contributed by atoms with Gasteiger partial charge in [-0.2, -0.15) is 0 Å². The number of nitrogens with one attached hydrogen (secondary N) is 1. The highest BCUT2D eigenvalue weighted by atomic mass is 16.6. The van der Waals surface area contributed by atoms with Crippen LogP contribution in [-0.2, 0) is 9.53 Å². The molecule has 0 spiro atoms. The summed E-state index contributed by atoms with van der Waals surface area (Å²) in [6, 6.07) is 0.197. The van der Waals surface area contributed by atoms with Gasteiger partial charge in [-0.05, 0) is 13.3 Å². The minimum atomic E-state index is -0.314. The molecule has 0 aliphatic carbocycles. The summed E-state index contributed by atoms with van der Waals surface area (Å²) in [5, 5.41) is 2.85. The second kappa shape index (κ2) is 5.58. The van der Waals surface area contributed by atoms with Crippen LogP contribution in [0.25, 0.3) is 0 Å². The Balaban J connectivity index is 2.19. The Morgan fingerprint density at radius 1 is 1.67 bits per heavy atom. The van der Waals surface area contributed by atoms with E-state index in [0.29, 0.717) is 26.1 Å². The molecule has 0 aromatic carbocycles. The van der Waals surface area contributed by atoms with Gasteiger partial charge in [0.25, 0.3) is 0 Å². The number of cyclic esters (lactones) is 1. The fourth-order valence-corrected chi connectivity index (χ4v) is 1.31. The molecular weight excluding hydrogens is 196 g/mol. The lowest BCUT2D eigenvalue weighted by Crippen LogP contribution is -2.35. The number of amides is 2. The molecule has 1 atom stereocenters. The Kier molecular flexibility index (Phi) is 4.39. The first-order valence-electron chi connectivity index (χ1n) is 5.34. The summed E-state index contributed by atoms with van der Waals surface area (Å²) >= 11 is 0. The fraction of sp³-hybridized carbons (Fsp3) is 0.800. The van der Waals surface area contributed by atoms with Gasteiger partial charge in [0.05, 0.1) is 6.54 Å². The van der Waals surface area contributed by atoms with Gasteiger partial charge in [0, 0.05) is 19.0 Å². The second-order valence-electron chi connectivity index (χ2n) is 3.73. The van der Waals surface area contributed by atoms with Crippen LogP contribution in [0.4, 0.5) is 4.79 Å². The topological polar surface area (TPSA) is 58.6 Å². The Morgan fingerprint density at radius 2 is 2.40 bits per heavy atom. The molecule has 1 aliphatic rings. The molecular formula is C10H18N2O3. The van der Waals surface area contributed by atoms with Gasteiger partial charge >= 0.3 is 6.09 Å². The van der Waals surface area contributed by atoms with Crippen molar-refractivity contribution in [3.05, 3.63) is 0 Å². The van der Waals surface area contributed by atoms with E-state index in [1.54, 1.807) is 4.90 Å². The largest absolute Gasteiger partial charge is 0.448 e. The third-order valence-electron chi connectivity index (χ3n) is 2.47. The second-order valence-corrected chi connectivity index (χ2v) is 3.73. The highest BCUT2D eigenvalue weighted by Gasteiger charge is 2.22. The molecule has 0 radical (unpaired) electrons. The number of carbonyl (C=O) groups is 2. The number of nitrogens with zero attached hydrogens (tertiary/aromatic N) is 1. The summed E-state index contributed by atoms with van der Waals surface area (Å²) in [5.74, 6) is -0.0101. The maximum atomic E-state index is 11.4. The minimum absolute atomic E-state index is 0.0101. The summed E-state index contributed by atoms with van der Waals surface area (Å²) in [6.45, 7) is 5.45. The van der Waals surface area contributed by atoms with Crippen molar-refractivity contribution in [3.63, 3.8) is 0 Å². The Bertz CT molecular complexity index is 243. The molecule has 1 aliphatic heterocycles. The summed E-state index contributed by atoms with van der Waals surface area (Å²) in [7, 11) is 0. The van der Waals surface area contributed by atoms with Crippen LogP contribution in [0.15, 0.2) is 0 Å². The first-order chi connectivity index (χ1) is 7.13. The molecule has 5 heteroatoms. The van der Waals surface area contributed by atoms with Gasteiger partial charge in [-0.1, -0.05) is 6.92 Å². The van der Waals surface area contributed by atoms with Crippen molar-refractivity contribution in [2.45, 2.75) is 32.7 Å². The smallest absolute Gasteiger partial charge is 0.409 e. The van der Waals surface area contributed by atoms with Crippen molar-refractivity contribution in [1.82, 2.24) is 10.2 Å². The van der Waals surface area contributed by atoms with Crippen LogP contribution in [0.5, 0.6) is 0 Å². The molecule has 5 nitrogen and oxygen atoms in total. The van der Waals surface area contributed by atoms with E-state index in [1.807, 2.05) is 13.8 Å². The van der Waals surface area contributed by atoms with Crippen molar-refractivity contribution >= 4 is 12.0 Å². The van der Waals surface area contributed by atoms with E-state index in [-0.39, 0.29) is 18.0 Å². The van der Waals surface area contributed by atoms with Gasteiger partial charge in [0.2, 0.25) is 5.91 Å². The zero-order chi connectivity index (χ0) is 11.3. The van der Waals surface area contributed by atoms with Crippen LogP contribution in [0.3, 0.4) is 0 Å². The Hall–Kier alpha value is -1.26. The van der Waals surface area contributed by atoms with Crippen LogP contribution < -0.4 is 5.32 Å². The van der Waals surface area contributed by atoms with Crippen molar-refractivity contribution in [2.24, 2.45) is 0 Å². The molecule has 15 heavy (non-hydrogen) atoms. The number of rotatable bonds is 5. The fourth-order valence-electron chi connectivity index (χ4n) is 1.31.